The van der Waals surface area contributed by atoms with Gasteiger partial charge in [-0.25, -0.2) is 0 Å². The van der Waals surface area contributed by atoms with Crippen LogP contribution in [0.3, 0.4) is 0 Å². The monoisotopic (exact) mass is 375 g/mol. The maximum Gasteiger partial charge on any atom is 0.119 e. The average Bonchev–Trinajstić information content (AvgIpc) is 3.16. The van der Waals surface area contributed by atoms with Crippen molar-refractivity contribution in [2.24, 2.45) is 0 Å². The standard InChI is InChI=1S/C21H26ClNO3/c22-18-10-8-17(9-11-18)13-23(15-21-7-4-12-25-21)14-19(24)16-26-20-5-2-1-3-6-20/h1-3,5-6,8-11,19,21,24H,4,7,12-16H2. The number of rotatable bonds is 9. The lowest BCUT2D eigenvalue weighted by atomic mass is 10.1. The number of aliphatic hydroxyl groups excluding tert-OH is 1. The van der Waals surface area contributed by atoms with Gasteiger partial charge in [-0.05, 0) is 42.7 Å². The smallest absolute Gasteiger partial charge is 0.119 e. The maximum absolute atomic E-state index is 10.4. The summed E-state index contributed by atoms with van der Waals surface area (Å²) in [6.07, 6.45) is 1.86. The molecule has 3 rings (SSSR count). The largest absolute Gasteiger partial charge is 0.491 e. The highest BCUT2D eigenvalue weighted by atomic mass is 35.5. The Balaban J connectivity index is 1.55. The quantitative estimate of drug-likeness (QED) is 0.724. The lowest BCUT2D eigenvalue weighted by molar-refractivity contribution is 0.0313. The van der Waals surface area contributed by atoms with Crippen LogP contribution >= 0.6 is 11.6 Å². The zero-order valence-corrected chi connectivity index (χ0v) is 15.6. The summed E-state index contributed by atoms with van der Waals surface area (Å²) >= 11 is 5.98. The fourth-order valence-corrected chi connectivity index (χ4v) is 3.31. The Labute approximate surface area is 160 Å². The highest BCUT2D eigenvalue weighted by molar-refractivity contribution is 6.30. The molecule has 2 unspecified atom stereocenters. The Bertz CT molecular complexity index is 644. The molecular weight excluding hydrogens is 350 g/mol. The van der Waals surface area contributed by atoms with Gasteiger partial charge in [-0.15, -0.1) is 0 Å². The van der Waals surface area contributed by atoms with Gasteiger partial charge < -0.3 is 14.6 Å². The van der Waals surface area contributed by atoms with Gasteiger partial charge in [0.15, 0.2) is 0 Å². The van der Waals surface area contributed by atoms with Crippen molar-refractivity contribution in [2.45, 2.75) is 31.6 Å². The second kappa shape index (κ2) is 9.93. The van der Waals surface area contributed by atoms with Crippen molar-refractivity contribution >= 4 is 11.6 Å². The normalized spacial score (nSPS) is 18.2. The van der Waals surface area contributed by atoms with Crippen molar-refractivity contribution in [3.05, 3.63) is 65.2 Å². The van der Waals surface area contributed by atoms with E-state index in [2.05, 4.69) is 4.90 Å². The van der Waals surface area contributed by atoms with Crippen LogP contribution in [-0.2, 0) is 11.3 Å². The van der Waals surface area contributed by atoms with E-state index in [1.165, 1.54) is 5.56 Å². The predicted molar refractivity (Wildman–Crippen MR) is 104 cm³/mol. The first-order valence-corrected chi connectivity index (χ1v) is 9.51. The SMILES string of the molecule is OC(COc1ccccc1)CN(Cc1ccc(Cl)cc1)CC1CCCO1. The molecule has 140 valence electrons. The summed E-state index contributed by atoms with van der Waals surface area (Å²) in [5.74, 6) is 0.773. The van der Waals surface area contributed by atoms with E-state index in [-0.39, 0.29) is 12.7 Å². The number of nitrogens with zero attached hydrogens (tertiary/aromatic N) is 1. The molecule has 4 nitrogen and oxygen atoms in total. The second-order valence-corrected chi connectivity index (χ2v) is 7.17. The number of hydrogen-bond donors (Lipinski definition) is 1. The van der Waals surface area contributed by atoms with E-state index in [0.717, 1.165) is 43.3 Å². The fourth-order valence-electron chi connectivity index (χ4n) is 3.19. The summed E-state index contributed by atoms with van der Waals surface area (Å²) < 4.78 is 11.5. The summed E-state index contributed by atoms with van der Waals surface area (Å²) in [5, 5.41) is 11.2. The Kier molecular flexibility index (Phi) is 7.32. The topological polar surface area (TPSA) is 41.9 Å². The third kappa shape index (κ3) is 6.29. The molecule has 0 bridgehead atoms. The molecular formula is C21H26ClNO3. The molecule has 2 aromatic rings. The van der Waals surface area contributed by atoms with Crippen LogP contribution in [0.4, 0.5) is 0 Å². The van der Waals surface area contributed by atoms with Crippen LogP contribution in [0.15, 0.2) is 54.6 Å². The number of hydrogen-bond acceptors (Lipinski definition) is 4. The Morgan fingerprint density at radius 3 is 2.62 bits per heavy atom. The molecule has 0 radical (unpaired) electrons. The third-order valence-electron chi connectivity index (χ3n) is 4.46. The first kappa shape index (κ1) is 19.2. The van der Waals surface area contributed by atoms with Gasteiger partial charge in [-0.1, -0.05) is 41.9 Å². The van der Waals surface area contributed by atoms with Crippen molar-refractivity contribution in [2.75, 3.05) is 26.3 Å². The Morgan fingerprint density at radius 2 is 1.92 bits per heavy atom. The molecule has 0 amide bonds. The maximum atomic E-state index is 10.4. The molecule has 0 aromatic heterocycles. The predicted octanol–water partition coefficient (Wildman–Crippen LogP) is 3.76. The highest BCUT2D eigenvalue weighted by Gasteiger charge is 2.21. The lowest BCUT2D eigenvalue weighted by Crippen LogP contribution is -2.39. The summed E-state index contributed by atoms with van der Waals surface area (Å²) in [6, 6.07) is 17.4. The molecule has 0 saturated carbocycles. The van der Waals surface area contributed by atoms with Crippen molar-refractivity contribution in [1.29, 1.82) is 0 Å². The lowest BCUT2D eigenvalue weighted by Gasteiger charge is -2.27. The summed E-state index contributed by atoms with van der Waals surface area (Å²) in [6.45, 7) is 3.20. The molecule has 2 atom stereocenters. The zero-order chi connectivity index (χ0) is 18.2. The molecule has 0 aliphatic carbocycles. The Morgan fingerprint density at radius 1 is 1.15 bits per heavy atom. The van der Waals surface area contributed by atoms with Crippen LogP contribution < -0.4 is 4.74 Å². The van der Waals surface area contributed by atoms with Gasteiger partial charge in [0.25, 0.3) is 0 Å². The van der Waals surface area contributed by atoms with Crippen LogP contribution in [0, 0.1) is 0 Å². The third-order valence-corrected chi connectivity index (χ3v) is 4.71. The van der Waals surface area contributed by atoms with Crippen molar-refractivity contribution < 1.29 is 14.6 Å². The average molecular weight is 376 g/mol. The summed E-state index contributed by atoms with van der Waals surface area (Å²) in [5.41, 5.74) is 1.17. The molecule has 1 aliphatic rings. The van der Waals surface area contributed by atoms with Gasteiger partial charge in [-0.2, -0.15) is 0 Å². The molecule has 2 aromatic carbocycles. The molecule has 26 heavy (non-hydrogen) atoms. The van der Waals surface area contributed by atoms with Crippen LogP contribution in [0.1, 0.15) is 18.4 Å². The minimum Gasteiger partial charge on any atom is -0.491 e. The van der Waals surface area contributed by atoms with Crippen LogP contribution in [0.25, 0.3) is 0 Å². The molecule has 1 aliphatic heterocycles. The van der Waals surface area contributed by atoms with E-state index < -0.39 is 6.10 Å². The molecule has 1 heterocycles. The van der Waals surface area contributed by atoms with Gasteiger partial charge in [0.2, 0.25) is 0 Å². The molecule has 5 heteroatoms. The first-order chi connectivity index (χ1) is 12.7. The molecule has 1 saturated heterocycles. The van der Waals surface area contributed by atoms with E-state index in [4.69, 9.17) is 21.1 Å². The zero-order valence-electron chi connectivity index (χ0n) is 14.9. The van der Waals surface area contributed by atoms with Gasteiger partial charge in [0, 0.05) is 31.3 Å². The van der Waals surface area contributed by atoms with Crippen LogP contribution in [0.2, 0.25) is 5.02 Å². The first-order valence-electron chi connectivity index (χ1n) is 9.13. The second-order valence-electron chi connectivity index (χ2n) is 6.73. The van der Waals surface area contributed by atoms with Crippen LogP contribution in [-0.4, -0.2) is 48.5 Å². The van der Waals surface area contributed by atoms with Crippen molar-refractivity contribution in [1.82, 2.24) is 4.90 Å². The van der Waals surface area contributed by atoms with Gasteiger partial charge in [0.05, 0.1) is 6.10 Å². The molecule has 1 fully saturated rings. The fraction of sp³-hybridized carbons (Fsp3) is 0.429. The minimum absolute atomic E-state index is 0.240. The highest BCUT2D eigenvalue weighted by Crippen LogP contribution is 2.17. The summed E-state index contributed by atoms with van der Waals surface area (Å²) in [4.78, 5) is 2.23. The van der Waals surface area contributed by atoms with Gasteiger partial charge in [-0.3, -0.25) is 4.90 Å². The van der Waals surface area contributed by atoms with E-state index in [0.29, 0.717) is 6.54 Å². The van der Waals surface area contributed by atoms with Crippen molar-refractivity contribution in [3.8, 4) is 5.75 Å². The summed E-state index contributed by atoms with van der Waals surface area (Å²) in [7, 11) is 0. The Hall–Kier alpha value is -1.59. The van der Waals surface area contributed by atoms with Crippen LogP contribution in [0.5, 0.6) is 5.75 Å². The van der Waals surface area contributed by atoms with E-state index in [1.54, 1.807) is 0 Å². The van der Waals surface area contributed by atoms with Gasteiger partial charge >= 0.3 is 0 Å². The molecule has 0 spiro atoms. The van der Waals surface area contributed by atoms with Gasteiger partial charge in [0.1, 0.15) is 18.5 Å². The number of benzene rings is 2. The van der Waals surface area contributed by atoms with E-state index >= 15 is 0 Å². The number of halogens is 1. The minimum atomic E-state index is -0.566. The molecule has 1 N–H and O–H groups in total. The van der Waals surface area contributed by atoms with E-state index in [9.17, 15) is 5.11 Å². The van der Waals surface area contributed by atoms with Crippen molar-refractivity contribution in [3.63, 3.8) is 0 Å². The number of para-hydroxylation sites is 1. The number of aliphatic hydroxyl groups is 1. The number of ether oxygens (including phenoxy) is 2. The van der Waals surface area contributed by atoms with E-state index in [1.807, 2.05) is 54.6 Å².